The molecule has 0 aromatic heterocycles. The molecule has 0 aromatic rings. The third-order valence-electron chi connectivity index (χ3n) is 3.26. The van der Waals surface area contributed by atoms with Gasteiger partial charge in [-0.3, -0.25) is 4.84 Å². The lowest BCUT2D eigenvalue weighted by atomic mass is 10.1. The number of aldehydes is 1. The zero-order valence-electron chi connectivity index (χ0n) is 11.6. The Balaban J connectivity index is 2.14. The van der Waals surface area contributed by atoms with Gasteiger partial charge in [0, 0.05) is 13.1 Å². The number of carbonyl (C=O) groups is 1. The normalized spacial score (nSPS) is 19.9. The molecular weight excluding hydrogens is 248 g/mol. The molecule has 5 heteroatoms. The van der Waals surface area contributed by atoms with Gasteiger partial charge in [0.2, 0.25) is 0 Å². The van der Waals surface area contributed by atoms with E-state index in [1.54, 1.807) is 11.8 Å². The Morgan fingerprint density at radius 3 is 2.78 bits per heavy atom. The van der Waals surface area contributed by atoms with Crippen LogP contribution in [0.3, 0.4) is 0 Å². The summed E-state index contributed by atoms with van der Waals surface area (Å²) in [5.74, 6) is 0.981. The highest BCUT2D eigenvalue weighted by Gasteiger charge is 2.20. The second kappa shape index (κ2) is 9.78. The fraction of sp³-hybridized carbons (Fsp3) is 0.923. The van der Waals surface area contributed by atoms with Crippen LogP contribution < -0.4 is 5.48 Å². The molecule has 0 saturated carbocycles. The summed E-state index contributed by atoms with van der Waals surface area (Å²) in [6, 6.07) is -0.161. The van der Waals surface area contributed by atoms with Crippen LogP contribution in [0, 0.1) is 0 Å². The van der Waals surface area contributed by atoms with Crippen molar-refractivity contribution >= 4 is 18.0 Å². The van der Waals surface area contributed by atoms with Crippen molar-refractivity contribution in [3.63, 3.8) is 0 Å². The molecule has 0 unspecified atom stereocenters. The molecule has 1 aliphatic heterocycles. The monoisotopic (exact) mass is 274 g/mol. The minimum atomic E-state index is -0.161. The first-order valence-corrected chi connectivity index (χ1v) is 8.27. The van der Waals surface area contributed by atoms with E-state index in [0.717, 1.165) is 44.4 Å². The molecule has 1 saturated heterocycles. The summed E-state index contributed by atoms with van der Waals surface area (Å²) in [4.78, 5) is 19.0. The Labute approximate surface area is 115 Å². The Kier molecular flexibility index (Phi) is 8.67. The van der Waals surface area contributed by atoms with Gasteiger partial charge in [0.05, 0.1) is 12.1 Å². The smallest absolute Gasteiger partial charge is 0.139 e. The lowest BCUT2D eigenvalue weighted by Gasteiger charge is -2.31. The quantitative estimate of drug-likeness (QED) is 0.512. The van der Waals surface area contributed by atoms with E-state index in [-0.39, 0.29) is 12.1 Å². The molecular formula is C13H26N2O2S. The summed E-state index contributed by atoms with van der Waals surface area (Å²) in [6.07, 6.45) is 7.41. The molecule has 0 bridgehead atoms. The highest BCUT2D eigenvalue weighted by Crippen LogP contribution is 2.13. The summed E-state index contributed by atoms with van der Waals surface area (Å²) in [5, 5.41) is 0. The molecule has 0 amide bonds. The number of nitrogens with one attached hydrogen (secondary N) is 1. The molecule has 1 fully saturated rings. The van der Waals surface area contributed by atoms with Gasteiger partial charge in [-0.1, -0.05) is 6.92 Å². The SMILES string of the molecule is CCCN1CCC(ON[C@@H](C=O)CCSC)CC1. The average Bonchev–Trinajstić information content (AvgIpc) is 2.41. The van der Waals surface area contributed by atoms with E-state index in [2.05, 4.69) is 17.3 Å². The Hall–Kier alpha value is -0.100. The molecule has 0 aromatic carbocycles. The first-order valence-electron chi connectivity index (χ1n) is 6.87. The summed E-state index contributed by atoms with van der Waals surface area (Å²) in [7, 11) is 0. The third-order valence-corrected chi connectivity index (χ3v) is 3.90. The lowest BCUT2D eigenvalue weighted by molar-refractivity contribution is -0.118. The Bertz CT molecular complexity index is 221. The summed E-state index contributed by atoms with van der Waals surface area (Å²) in [6.45, 7) is 5.61. The summed E-state index contributed by atoms with van der Waals surface area (Å²) < 4.78 is 0. The van der Waals surface area contributed by atoms with Crippen molar-refractivity contribution in [2.75, 3.05) is 31.6 Å². The van der Waals surface area contributed by atoms with Crippen LogP contribution in [0.15, 0.2) is 0 Å². The molecule has 1 aliphatic rings. The predicted molar refractivity (Wildman–Crippen MR) is 76.8 cm³/mol. The van der Waals surface area contributed by atoms with Crippen LogP contribution in [-0.2, 0) is 9.63 Å². The second-order valence-electron chi connectivity index (χ2n) is 4.80. The van der Waals surface area contributed by atoms with E-state index >= 15 is 0 Å². The van der Waals surface area contributed by atoms with Crippen LogP contribution in [0.4, 0.5) is 0 Å². The zero-order valence-corrected chi connectivity index (χ0v) is 12.4. The van der Waals surface area contributed by atoms with E-state index in [4.69, 9.17) is 4.84 Å². The van der Waals surface area contributed by atoms with E-state index in [1.165, 1.54) is 13.0 Å². The third kappa shape index (κ3) is 6.18. The predicted octanol–water partition coefficient (Wildman–Crippen LogP) is 1.70. The van der Waals surface area contributed by atoms with Gasteiger partial charge in [-0.15, -0.1) is 0 Å². The molecule has 4 nitrogen and oxygen atoms in total. The summed E-state index contributed by atoms with van der Waals surface area (Å²) in [5.41, 5.74) is 2.92. The van der Waals surface area contributed by atoms with Gasteiger partial charge in [-0.25, -0.2) is 0 Å². The van der Waals surface area contributed by atoms with Crippen molar-refractivity contribution in [3.8, 4) is 0 Å². The largest absolute Gasteiger partial charge is 0.303 e. The van der Waals surface area contributed by atoms with Gasteiger partial charge in [0.15, 0.2) is 0 Å². The lowest BCUT2D eigenvalue weighted by Crippen LogP contribution is -2.42. The number of nitrogens with zero attached hydrogens (tertiary/aromatic N) is 1. The van der Waals surface area contributed by atoms with E-state index in [9.17, 15) is 4.79 Å². The van der Waals surface area contributed by atoms with E-state index in [0.29, 0.717) is 0 Å². The van der Waals surface area contributed by atoms with E-state index in [1.807, 2.05) is 6.26 Å². The Morgan fingerprint density at radius 2 is 2.22 bits per heavy atom. The first-order chi connectivity index (χ1) is 8.80. The number of rotatable bonds is 9. The number of carbonyl (C=O) groups excluding carboxylic acids is 1. The van der Waals surface area contributed by atoms with Crippen molar-refractivity contribution in [3.05, 3.63) is 0 Å². The molecule has 1 atom stereocenters. The topological polar surface area (TPSA) is 41.6 Å². The first kappa shape index (κ1) is 16.0. The number of hydrogen-bond donors (Lipinski definition) is 1. The fourth-order valence-corrected chi connectivity index (χ4v) is 2.64. The van der Waals surface area contributed by atoms with Crippen LogP contribution in [-0.4, -0.2) is 55.0 Å². The molecule has 0 aliphatic carbocycles. The van der Waals surface area contributed by atoms with Gasteiger partial charge >= 0.3 is 0 Å². The van der Waals surface area contributed by atoms with Crippen molar-refractivity contribution in [1.29, 1.82) is 0 Å². The number of hydrogen-bond acceptors (Lipinski definition) is 5. The summed E-state index contributed by atoms with van der Waals surface area (Å²) >= 11 is 1.75. The highest BCUT2D eigenvalue weighted by molar-refractivity contribution is 7.98. The van der Waals surface area contributed by atoms with Crippen molar-refractivity contribution < 1.29 is 9.63 Å². The van der Waals surface area contributed by atoms with Crippen molar-refractivity contribution in [1.82, 2.24) is 10.4 Å². The van der Waals surface area contributed by atoms with Gasteiger partial charge in [-0.2, -0.15) is 17.2 Å². The van der Waals surface area contributed by atoms with Gasteiger partial charge in [0.25, 0.3) is 0 Å². The molecule has 1 heterocycles. The second-order valence-corrected chi connectivity index (χ2v) is 5.79. The zero-order chi connectivity index (χ0) is 13.2. The van der Waals surface area contributed by atoms with Gasteiger partial charge < -0.3 is 9.69 Å². The molecule has 1 rings (SSSR count). The van der Waals surface area contributed by atoms with Crippen molar-refractivity contribution in [2.45, 2.75) is 44.8 Å². The molecule has 18 heavy (non-hydrogen) atoms. The standard InChI is InChI=1S/C13H26N2O2S/c1-3-7-15-8-4-13(5-9-15)17-14-12(11-16)6-10-18-2/h11-14H,3-10H2,1-2H3/t12-/m1/s1. The maximum atomic E-state index is 10.9. The van der Waals surface area contributed by atoms with Crippen LogP contribution in [0.25, 0.3) is 0 Å². The van der Waals surface area contributed by atoms with Gasteiger partial charge in [0.1, 0.15) is 6.29 Å². The fourth-order valence-electron chi connectivity index (χ4n) is 2.15. The van der Waals surface area contributed by atoms with Crippen LogP contribution in [0.1, 0.15) is 32.6 Å². The van der Waals surface area contributed by atoms with Crippen LogP contribution in [0.2, 0.25) is 0 Å². The van der Waals surface area contributed by atoms with Crippen LogP contribution in [0.5, 0.6) is 0 Å². The molecule has 1 N–H and O–H groups in total. The van der Waals surface area contributed by atoms with Crippen LogP contribution >= 0.6 is 11.8 Å². The molecule has 0 spiro atoms. The van der Waals surface area contributed by atoms with Crippen molar-refractivity contribution in [2.24, 2.45) is 0 Å². The minimum absolute atomic E-state index is 0.161. The van der Waals surface area contributed by atoms with Gasteiger partial charge in [-0.05, 0) is 44.2 Å². The molecule has 0 radical (unpaired) electrons. The van der Waals surface area contributed by atoms with E-state index < -0.39 is 0 Å². The average molecular weight is 274 g/mol. The number of hydroxylamine groups is 1. The highest BCUT2D eigenvalue weighted by atomic mass is 32.2. The Morgan fingerprint density at radius 1 is 1.50 bits per heavy atom. The maximum absolute atomic E-state index is 10.9. The number of thioether (sulfide) groups is 1. The number of likely N-dealkylation sites (tertiary alicyclic amines) is 1. The molecule has 106 valence electrons. The number of piperidine rings is 1. The minimum Gasteiger partial charge on any atom is -0.303 e. The maximum Gasteiger partial charge on any atom is 0.139 e.